The van der Waals surface area contributed by atoms with Crippen molar-refractivity contribution in [2.24, 2.45) is 0 Å². The molecule has 0 spiro atoms. The molecule has 2 aromatic carbocycles. The number of aromatic carboxylic acids is 1. The van der Waals surface area contributed by atoms with E-state index in [0.717, 1.165) is 25.3 Å². The predicted octanol–water partition coefficient (Wildman–Crippen LogP) is 3.90. The molecule has 0 unspecified atom stereocenters. The number of unbranched alkanes of at least 4 members (excludes halogenated alkanes) is 3. The summed E-state index contributed by atoms with van der Waals surface area (Å²) in [7, 11) is -3.56. The predicted molar refractivity (Wildman–Crippen MR) is 109 cm³/mol. The molecule has 0 atom stereocenters. The number of hydrogen-bond acceptors (Lipinski definition) is 6. The van der Waals surface area contributed by atoms with Crippen LogP contribution in [0.2, 0.25) is 0 Å². The Labute approximate surface area is 170 Å². The first kappa shape index (κ1) is 22.5. The third-order valence-corrected chi connectivity index (χ3v) is 5.96. The van der Waals surface area contributed by atoms with Gasteiger partial charge in [0.15, 0.2) is 9.84 Å². The smallest absolute Gasteiger partial charge is 0.339 e. The summed E-state index contributed by atoms with van der Waals surface area (Å²) in [6.07, 6.45) is 4.40. The van der Waals surface area contributed by atoms with Gasteiger partial charge in [-0.15, -0.1) is 0 Å². The van der Waals surface area contributed by atoms with Crippen molar-refractivity contribution in [3.05, 3.63) is 48.0 Å². The van der Waals surface area contributed by atoms with Crippen LogP contribution in [0.4, 0.5) is 0 Å². The molecular weight excluding hydrogens is 396 g/mol. The Morgan fingerprint density at radius 2 is 1.59 bits per heavy atom. The minimum Gasteiger partial charge on any atom is -0.507 e. The van der Waals surface area contributed by atoms with Gasteiger partial charge in [-0.05, 0) is 48.9 Å². The van der Waals surface area contributed by atoms with Gasteiger partial charge in [0.1, 0.15) is 29.4 Å². The maximum atomic E-state index is 12.4. The number of hydrogen-bond donors (Lipinski definition) is 2. The molecule has 0 fully saturated rings. The van der Waals surface area contributed by atoms with Gasteiger partial charge in [0.25, 0.3) is 0 Å². The second kappa shape index (κ2) is 10.7. The molecule has 0 amide bonds. The van der Waals surface area contributed by atoms with Gasteiger partial charge in [-0.3, -0.25) is 0 Å². The van der Waals surface area contributed by atoms with Crippen molar-refractivity contribution in [3.8, 4) is 17.2 Å². The molecular formula is C21H26O7S. The van der Waals surface area contributed by atoms with Crippen LogP contribution < -0.4 is 9.47 Å². The van der Waals surface area contributed by atoms with Gasteiger partial charge in [-0.25, -0.2) is 13.2 Å². The Hall–Kier alpha value is -2.74. The van der Waals surface area contributed by atoms with Crippen LogP contribution in [0, 0.1) is 0 Å². The number of carbonyl (C=O) groups is 1. The summed E-state index contributed by atoms with van der Waals surface area (Å²) in [5.41, 5.74) is -0.310. The van der Waals surface area contributed by atoms with E-state index in [1.165, 1.54) is 30.7 Å². The molecule has 0 bridgehead atoms. The summed E-state index contributed by atoms with van der Waals surface area (Å²) in [6.45, 7) is 2.59. The van der Waals surface area contributed by atoms with Crippen molar-refractivity contribution < 1.29 is 32.9 Å². The summed E-state index contributed by atoms with van der Waals surface area (Å²) < 4.78 is 35.8. The highest BCUT2D eigenvalue weighted by atomic mass is 32.2. The Kier molecular flexibility index (Phi) is 8.33. The molecule has 2 N–H and O–H groups in total. The first-order valence-electron chi connectivity index (χ1n) is 9.48. The van der Waals surface area contributed by atoms with E-state index in [4.69, 9.17) is 14.6 Å². The van der Waals surface area contributed by atoms with Gasteiger partial charge >= 0.3 is 5.97 Å². The summed E-state index contributed by atoms with van der Waals surface area (Å²) in [5, 5.41) is 18.5. The number of carboxylic acid groups (broad SMARTS) is 1. The molecule has 29 heavy (non-hydrogen) atoms. The molecule has 0 aromatic heterocycles. The maximum Gasteiger partial charge on any atom is 0.339 e. The summed E-state index contributed by atoms with van der Waals surface area (Å²) in [4.78, 5) is 11.2. The van der Waals surface area contributed by atoms with Crippen LogP contribution in [0.1, 0.15) is 43.0 Å². The van der Waals surface area contributed by atoms with E-state index >= 15 is 0 Å². The number of phenols is 1. The average Bonchev–Trinajstić information content (AvgIpc) is 2.69. The van der Waals surface area contributed by atoms with Gasteiger partial charge in [0.2, 0.25) is 0 Å². The summed E-state index contributed by atoms with van der Waals surface area (Å²) >= 11 is 0. The van der Waals surface area contributed by atoms with Crippen molar-refractivity contribution in [1.82, 2.24) is 0 Å². The third-order valence-electron chi connectivity index (χ3n) is 4.27. The first-order valence-corrected chi connectivity index (χ1v) is 11.1. The second-order valence-corrected chi connectivity index (χ2v) is 8.64. The first-order chi connectivity index (χ1) is 13.8. The standard InChI is InChI=1S/C21H26O7S/c1-2-3-4-5-12-27-16-6-9-18(10-7-16)29(25,26)14-13-28-17-8-11-20(22)19(15-17)21(23)24/h6-11,15,22H,2-5,12-14H2,1H3,(H,23,24). The largest absolute Gasteiger partial charge is 0.507 e. The van der Waals surface area contributed by atoms with Crippen LogP contribution in [-0.2, 0) is 9.84 Å². The van der Waals surface area contributed by atoms with Crippen LogP contribution in [0.5, 0.6) is 17.2 Å². The fourth-order valence-corrected chi connectivity index (χ4v) is 3.71. The fraction of sp³-hybridized carbons (Fsp3) is 0.381. The highest BCUT2D eigenvalue weighted by Crippen LogP contribution is 2.23. The van der Waals surface area contributed by atoms with Crippen molar-refractivity contribution in [2.75, 3.05) is 19.0 Å². The van der Waals surface area contributed by atoms with Crippen molar-refractivity contribution in [1.29, 1.82) is 0 Å². The number of rotatable bonds is 12. The lowest BCUT2D eigenvalue weighted by molar-refractivity contribution is 0.0693. The lowest BCUT2D eigenvalue weighted by atomic mass is 10.2. The van der Waals surface area contributed by atoms with Crippen LogP contribution >= 0.6 is 0 Å². The lowest BCUT2D eigenvalue weighted by Crippen LogP contribution is -2.14. The SMILES string of the molecule is CCCCCCOc1ccc(S(=O)(=O)CCOc2ccc(O)c(C(=O)O)c2)cc1. The molecule has 0 heterocycles. The highest BCUT2D eigenvalue weighted by Gasteiger charge is 2.16. The summed E-state index contributed by atoms with van der Waals surface area (Å²) in [5.74, 6) is -1.16. The van der Waals surface area contributed by atoms with Crippen LogP contribution in [0.3, 0.4) is 0 Å². The monoisotopic (exact) mass is 422 g/mol. The zero-order valence-electron chi connectivity index (χ0n) is 16.3. The number of benzene rings is 2. The molecule has 158 valence electrons. The maximum absolute atomic E-state index is 12.4. The van der Waals surface area contributed by atoms with Gasteiger partial charge in [-0.1, -0.05) is 26.2 Å². The van der Waals surface area contributed by atoms with Crippen molar-refractivity contribution in [2.45, 2.75) is 37.5 Å². The van der Waals surface area contributed by atoms with Crippen molar-refractivity contribution in [3.63, 3.8) is 0 Å². The van der Waals surface area contributed by atoms with Crippen LogP contribution in [0.15, 0.2) is 47.4 Å². The van der Waals surface area contributed by atoms with Crippen LogP contribution in [0.25, 0.3) is 0 Å². The van der Waals surface area contributed by atoms with Gasteiger partial charge in [0, 0.05) is 0 Å². The highest BCUT2D eigenvalue weighted by molar-refractivity contribution is 7.91. The Bertz CT molecular complexity index is 905. The number of carboxylic acids is 1. The van der Waals surface area contributed by atoms with E-state index < -0.39 is 15.8 Å². The molecule has 2 rings (SSSR count). The molecule has 0 saturated heterocycles. The molecule has 0 aliphatic heterocycles. The van der Waals surface area contributed by atoms with Crippen molar-refractivity contribution >= 4 is 15.8 Å². The lowest BCUT2D eigenvalue weighted by Gasteiger charge is -2.10. The molecule has 2 aromatic rings. The zero-order chi connectivity index (χ0) is 21.3. The minimum absolute atomic E-state index is 0.151. The minimum atomic E-state index is -3.56. The fourth-order valence-electron chi connectivity index (χ4n) is 2.63. The third kappa shape index (κ3) is 6.98. The Balaban J connectivity index is 1.88. The number of ether oxygens (including phenoxy) is 2. The number of sulfone groups is 1. The van der Waals surface area contributed by atoms with Gasteiger partial charge < -0.3 is 19.7 Å². The second-order valence-electron chi connectivity index (χ2n) is 6.53. The molecule has 7 nitrogen and oxygen atoms in total. The van der Waals surface area contributed by atoms with E-state index in [1.807, 2.05) is 0 Å². The van der Waals surface area contributed by atoms with Crippen LogP contribution in [-0.4, -0.2) is 43.6 Å². The molecule has 0 aliphatic rings. The Morgan fingerprint density at radius 3 is 2.24 bits per heavy atom. The average molecular weight is 422 g/mol. The van der Waals surface area contributed by atoms with E-state index in [9.17, 15) is 18.3 Å². The normalized spacial score (nSPS) is 11.2. The molecule has 0 saturated carbocycles. The van der Waals surface area contributed by atoms with Gasteiger partial charge in [0.05, 0.1) is 17.3 Å². The zero-order valence-corrected chi connectivity index (χ0v) is 17.2. The van der Waals surface area contributed by atoms with Gasteiger partial charge in [-0.2, -0.15) is 0 Å². The van der Waals surface area contributed by atoms with E-state index in [0.29, 0.717) is 12.4 Å². The quantitative estimate of drug-likeness (QED) is 0.499. The van der Waals surface area contributed by atoms with E-state index in [-0.39, 0.29) is 34.3 Å². The Morgan fingerprint density at radius 1 is 0.931 bits per heavy atom. The van der Waals surface area contributed by atoms with E-state index in [1.54, 1.807) is 12.1 Å². The van der Waals surface area contributed by atoms with E-state index in [2.05, 4.69) is 6.92 Å². The number of aromatic hydroxyl groups is 1. The molecule has 0 aliphatic carbocycles. The topological polar surface area (TPSA) is 110 Å². The molecule has 8 heteroatoms. The molecule has 0 radical (unpaired) electrons. The summed E-state index contributed by atoms with van der Waals surface area (Å²) in [6, 6.07) is 9.98.